The second-order valence-corrected chi connectivity index (χ2v) is 7.30. The number of rotatable bonds is 4. The summed E-state index contributed by atoms with van der Waals surface area (Å²) in [4.78, 5) is 40.9. The number of anilines is 2. The minimum atomic E-state index is -0.464. The SMILES string of the molecule is C[C@@H]1CC(=O)Nc2ccccc2N1C(=O)CN(C)Cn1c(=O)oc2ccccc21. The average Bonchev–Trinajstić information content (AvgIpc) is 2.90. The quantitative estimate of drug-likeness (QED) is 0.733. The number of hydrogen-bond donors (Lipinski definition) is 1. The smallest absolute Gasteiger partial charge is 0.408 e. The third-order valence-corrected chi connectivity index (χ3v) is 4.99. The van der Waals surface area contributed by atoms with Crippen molar-refractivity contribution in [3.63, 3.8) is 0 Å². The van der Waals surface area contributed by atoms with Crippen molar-refractivity contribution >= 4 is 34.3 Å². The number of likely N-dealkylation sites (N-methyl/N-ethyl adjacent to an activating group) is 1. The summed E-state index contributed by atoms with van der Waals surface area (Å²) in [6.07, 6.45) is 0.218. The van der Waals surface area contributed by atoms with E-state index in [2.05, 4.69) is 5.32 Å². The maximum atomic E-state index is 13.2. The molecule has 0 fully saturated rings. The van der Waals surface area contributed by atoms with Crippen LogP contribution in [0, 0.1) is 0 Å². The average molecular weight is 394 g/mol. The molecule has 4 rings (SSSR count). The van der Waals surface area contributed by atoms with Crippen LogP contribution in [0.5, 0.6) is 0 Å². The number of hydrogen-bond acceptors (Lipinski definition) is 5. The molecule has 2 amide bonds. The summed E-state index contributed by atoms with van der Waals surface area (Å²) in [5.41, 5.74) is 2.49. The Kier molecular flexibility index (Phi) is 4.94. The molecule has 1 aliphatic heterocycles. The van der Waals surface area contributed by atoms with Gasteiger partial charge >= 0.3 is 5.76 Å². The van der Waals surface area contributed by atoms with Gasteiger partial charge in [0.15, 0.2) is 5.58 Å². The lowest BCUT2D eigenvalue weighted by atomic mass is 10.1. The van der Waals surface area contributed by atoms with E-state index in [1.165, 1.54) is 4.57 Å². The highest BCUT2D eigenvalue weighted by atomic mass is 16.4. The van der Waals surface area contributed by atoms with E-state index in [4.69, 9.17) is 4.42 Å². The second-order valence-electron chi connectivity index (χ2n) is 7.30. The normalized spacial score (nSPS) is 16.6. The van der Waals surface area contributed by atoms with Gasteiger partial charge in [-0.25, -0.2) is 4.79 Å². The fraction of sp³-hybridized carbons (Fsp3) is 0.286. The zero-order valence-corrected chi connectivity index (χ0v) is 16.3. The van der Waals surface area contributed by atoms with Crippen LogP contribution in [0.25, 0.3) is 11.1 Å². The second kappa shape index (κ2) is 7.56. The molecule has 2 aromatic carbocycles. The number of oxazole rings is 1. The predicted molar refractivity (Wildman–Crippen MR) is 110 cm³/mol. The first kappa shape index (κ1) is 18.9. The van der Waals surface area contributed by atoms with E-state index in [1.807, 2.05) is 31.2 Å². The van der Waals surface area contributed by atoms with E-state index >= 15 is 0 Å². The molecule has 3 aromatic rings. The standard InChI is InChI=1S/C21H22N4O4/c1-14-11-19(26)22-15-7-3-4-8-16(15)25(14)20(27)12-23(2)13-24-17-9-5-6-10-18(17)29-21(24)28/h3-10,14H,11-13H2,1-2H3,(H,22,26)/t14-/m1/s1. The van der Waals surface area contributed by atoms with Gasteiger partial charge in [-0.05, 0) is 38.2 Å². The number of benzene rings is 2. The number of carbonyl (C=O) groups excluding carboxylic acids is 2. The van der Waals surface area contributed by atoms with Crippen LogP contribution in [0.15, 0.2) is 57.7 Å². The molecule has 1 aliphatic rings. The molecule has 1 aromatic heterocycles. The number of nitrogens with one attached hydrogen (secondary N) is 1. The molecule has 0 radical (unpaired) electrons. The molecule has 1 atom stereocenters. The van der Waals surface area contributed by atoms with Crippen molar-refractivity contribution in [3.8, 4) is 0 Å². The van der Waals surface area contributed by atoms with E-state index < -0.39 is 5.76 Å². The molecule has 0 aliphatic carbocycles. The first-order chi connectivity index (χ1) is 13.9. The van der Waals surface area contributed by atoms with Crippen LogP contribution in [0.1, 0.15) is 13.3 Å². The molecule has 150 valence electrons. The molecule has 0 bridgehead atoms. The molecule has 0 saturated heterocycles. The number of nitrogens with zero attached hydrogens (tertiary/aromatic N) is 3. The topological polar surface area (TPSA) is 87.8 Å². The van der Waals surface area contributed by atoms with E-state index in [-0.39, 0.29) is 37.5 Å². The van der Waals surface area contributed by atoms with Crippen molar-refractivity contribution in [2.45, 2.75) is 26.1 Å². The lowest BCUT2D eigenvalue weighted by molar-refractivity contribution is -0.120. The summed E-state index contributed by atoms with van der Waals surface area (Å²) in [5.74, 6) is -0.733. The molecule has 8 nitrogen and oxygen atoms in total. The van der Waals surface area contributed by atoms with Crippen LogP contribution in [0.2, 0.25) is 0 Å². The van der Waals surface area contributed by atoms with E-state index in [1.54, 1.807) is 41.1 Å². The maximum absolute atomic E-state index is 13.2. The Morgan fingerprint density at radius 2 is 1.90 bits per heavy atom. The molecule has 29 heavy (non-hydrogen) atoms. The minimum absolute atomic E-state index is 0.0822. The predicted octanol–water partition coefficient (Wildman–Crippen LogP) is 2.25. The lowest BCUT2D eigenvalue weighted by Crippen LogP contribution is -2.44. The largest absolute Gasteiger partial charge is 0.421 e. The van der Waals surface area contributed by atoms with Crippen molar-refractivity contribution in [2.75, 3.05) is 23.8 Å². The Hall–Kier alpha value is -3.39. The van der Waals surface area contributed by atoms with Crippen LogP contribution in [0.4, 0.5) is 11.4 Å². The van der Waals surface area contributed by atoms with Gasteiger partial charge in [0.2, 0.25) is 11.8 Å². The number of carbonyl (C=O) groups is 2. The molecule has 1 N–H and O–H groups in total. The van der Waals surface area contributed by atoms with E-state index in [0.717, 1.165) is 0 Å². The van der Waals surface area contributed by atoms with Gasteiger partial charge in [-0.2, -0.15) is 0 Å². The number of para-hydroxylation sites is 4. The van der Waals surface area contributed by atoms with Crippen molar-refractivity contribution in [1.82, 2.24) is 9.47 Å². The Labute approximate surface area is 167 Å². The van der Waals surface area contributed by atoms with Gasteiger partial charge in [0, 0.05) is 12.5 Å². The molecule has 2 heterocycles. The van der Waals surface area contributed by atoms with E-state index in [0.29, 0.717) is 22.5 Å². The summed E-state index contributed by atoms with van der Waals surface area (Å²) in [5, 5.41) is 2.85. The summed E-state index contributed by atoms with van der Waals surface area (Å²) in [7, 11) is 1.77. The van der Waals surface area contributed by atoms with Gasteiger partial charge in [-0.3, -0.25) is 19.1 Å². The van der Waals surface area contributed by atoms with Crippen LogP contribution in [0.3, 0.4) is 0 Å². The van der Waals surface area contributed by atoms with Crippen molar-refractivity contribution < 1.29 is 14.0 Å². The first-order valence-corrected chi connectivity index (χ1v) is 9.42. The van der Waals surface area contributed by atoms with E-state index in [9.17, 15) is 14.4 Å². The Morgan fingerprint density at radius 3 is 2.72 bits per heavy atom. The fourth-order valence-corrected chi connectivity index (χ4v) is 3.71. The maximum Gasteiger partial charge on any atom is 0.421 e. The molecular weight excluding hydrogens is 372 g/mol. The summed E-state index contributed by atoms with van der Waals surface area (Å²) >= 11 is 0. The Morgan fingerprint density at radius 1 is 1.17 bits per heavy atom. The lowest BCUT2D eigenvalue weighted by Gasteiger charge is -2.29. The number of fused-ring (bicyclic) bond motifs is 2. The number of aromatic nitrogens is 1. The highest BCUT2D eigenvalue weighted by molar-refractivity contribution is 6.04. The monoisotopic (exact) mass is 394 g/mol. The highest BCUT2D eigenvalue weighted by Crippen LogP contribution is 2.31. The van der Waals surface area contributed by atoms with Gasteiger partial charge in [0.25, 0.3) is 0 Å². The third kappa shape index (κ3) is 3.66. The first-order valence-electron chi connectivity index (χ1n) is 9.42. The van der Waals surface area contributed by atoms with Crippen LogP contribution >= 0.6 is 0 Å². The summed E-state index contributed by atoms with van der Waals surface area (Å²) in [6.45, 7) is 2.15. The third-order valence-electron chi connectivity index (χ3n) is 4.99. The fourth-order valence-electron chi connectivity index (χ4n) is 3.71. The van der Waals surface area contributed by atoms with Gasteiger partial charge < -0.3 is 14.6 Å². The van der Waals surface area contributed by atoms with Crippen LogP contribution in [-0.2, 0) is 16.3 Å². The Balaban J connectivity index is 1.56. The Bertz CT molecular complexity index is 1130. The molecule has 8 heteroatoms. The van der Waals surface area contributed by atoms with Crippen molar-refractivity contribution in [3.05, 3.63) is 59.1 Å². The van der Waals surface area contributed by atoms with Gasteiger partial charge in [-0.1, -0.05) is 24.3 Å². The van der Waals surface area contributed by atoms with Crippen molar-refractivity contribution in [1.29, 1.82) is 0 Å². The number of amides is 2. The summed E-state index contributed by atoms with van der Waals surface area (Å²) in [6, 6.07) is 14.2. The molecule has 0 unspecified atom stereocenters. The molecule has 0 spiro atoms. The van der Waals surface area contributed by atoms with Crippen LogP contribution < -0.4 is 16.0 Å². The van der Waals surface area contributed by atoms with Gasteiger partial charge in [0.1, 0.15) is 0 Å². The molecule has 0 saturated carbocycles. The highest BCUT2D eigenvalue weighted by Gasteiger charge is 2.30. The van der Waals surface area contributed by atoms with Crippen molar-refractivity contribution in [2.24, 2.45) is 0 Å². The summed E-state index contributed by atoms with van der Waals surface area (Å²) < 4.78 is 6.75. The van der Waals surface area contributed by atoms with Gasteiger partial charge in [-0.15, -0.1) is 0 Å². The zero-order chi connectivity index (χ0) is 20.5. The molecular formula is C21H22N4O4. The minimum Gasteiger partial charge on any atom is -0.408 e. The zero-order valence-electron chi connectivity index (χ0n) is 16.3. The van der Waals surface area contributed by atoms with Crippen LogP contribution in [-0.4, -0.2) is 40.9 Å². The van der Waals surface area contributed by atoms with Gasteiger partial charge in [0.05, 0.1) is 30.1 Å².